The summed E-state index contributed by atoms with van der Waals surface area (Å²) in [7, 11) is 0. The van der Waals surface area contributed by atoms with E-state index in [1.807, 2.05) is 44.3 Å². The van der Waals surface area contributed by atoms with Gasteiger partial charge in [-0.15, -0.1) is 0 Å². The van der Waals surface area contributed by atoms with Crippen molar-refractivity contribution in [2.45, 2.75) is 33.7 Å². The highest BCUT2D eigenvalue weighted by molar-refractivity contribution is 5.69. The number of nitrogens with zero attached hydrogens (tertiary/aromatic N) is 4. The van der Waals surface area contributed by atoms with Crippen LogP contribution in [0.25, 0.3) is 11.3 Å². The Hall–Kier alpha value is -3.22. The number of nitrogens with one attached hydrogen (secondary N) is 1. The third-order valence-electron chi connectivity index (χ3n) is 3.92. The first-order chi connectivity index (χ1) is 13.0. The van der Waals surface area contributed by atoms with Gasteiger partial charge in [0, 0.05) is 18.0 Å². The Bertz CT molecular complexity index is 936. The lowest BCUT2D eigenvalue weighted by molar-refractivity contribution is -0.143. The monoisotopic (exact) mass is 365 g/mol. The van der Waals surface area contributed by atoms with Crippen molar-refractivity contribution in [3.63, 3.8) is 0 Å². The third-order valence-corrected chi connectivity index (χ3v) is 3.92. The van der Waals surface area contributed by atoms with Crippen molar-refractivity contribution in [1.29, 1.82) is 0 Å². The van der Waals surface area contributed by atoms with Crippen LogP contribution in [0.15, 0.2) is 42.9 Å². The smallest absolute Gasteiger partial charge is 0.307 e. The van der Waals surface area contributed by atoms with Crippen LogP contribution in [0.1, 0.15) is 24.5 Å². The number of ether oxygens (including phenoxy) is 1. The minimum Gasteiger partial charge on any atom is -0.466 e. The van der Waals surface area contributed by atoms with Gasteiger partial charge in [-0.05, 0) is 56.2 Å². The van der Waals surface area contributed by atoms with E-state index in [9.17, 15) is 4.79 Å². The molecule has 0 unspecified atom stereocenters. The Labute approximate surface area is 158 Å². The summed E-state index contributed by atoms with van der Waals surface area (Å²) in [5, 5.41) is 7.56. The van der Waals surface area contributed by atoms with Gasteiger partial charge in [-0.3, -0.25) is 9.48 Å². The lowest BCUT2D eigenvalue weighted by Gasteiger charge is -2.08. The molecule has 0 saturated heterocycles. The molecular weight excluding hydrogens is 342 g/mol. The fourth-order valence-corrected chi connectivity index (χ4v) is 2.67. The topological polar surface area (TPSA) is 81.9 Å². The number of pyridine rings is 2. The molecule has 3 heterocycles. The largest absolute Gasteiger partial charge is 0.466 e. The van der Waals surface area contributed by atoms with E-state index in [1.54, 1.807) is 24.0 Å². The molecule has 7 nitrogen and oxygen atoms in total. The summed E-state index contributed by atoms with van der Waals surface area (Å²) in [5.41, 5.74) is 3.91. The summed E-state index contributed by atoms with van der Waals surface area (Å²) in [6.07, 6.45) is 5.70. The molecule has 3 aromatic heterocycles. The van der Waals surface area contributed by atoms with Gasteiger partial charge in [0.25, 0.3) is 0 Å². The molecule has 1 N–H and O–H groups in total. The average Bonchev–Trinajstić information content (AvgIpc) is 3.09. The Morgan fingerprint density at radius 1 is 1.19 bits per heavy atom. The molecule has 0 spiro atoms. The zero-order valence-corrected chi connectivity index (χ0v) is 15.8. The predicted molar refractivity (Wildman–Crippen MR) is 104 cm³/mol. The molecule has 0 amide bonds. The Balaban J connectivity index is 1.75. The summed E-state index contributed by atoms with van der Waals surface area (Å²) in [4.78, 5) is 20.5. The van der Waals surface area contributed by atoms with E-state index < -0.39 is 0 Å². The van der Waals surface area contributed by atoms with Gasteiger partial charge in [0.2, 0.25) is 0 Å². The average molecular weight is 365 g/mol. The fraction of sp³-hybridized carbons (Fsp3) is 0.300. The highest BCUT2D eigenvalue weighted by Gasteiger charge is 2.09. The van der Waals surface area contributed by atoms with E-state index in [4.69, 9.17) is 4.74 Å². The summed E-state index contributed by atoms with van der Waals surface area (Å²) >= 11 is 0. The third kappa shape index (κ3) is 5.13. The van der Waals surface area contributed by atoms with Crippen molar-refractivity contribution in [3.8, 4) is 11.3 Å². The molecule has 3 aromatic rings. The van der Waals surface area contributed by atoms with Crippen molar-refractivity contribution in [2.24, 2.45) is 0 Å². The minimum absolute atomic E-state index is 0.222. The number of esters is 1. The van der Waals surface area contributed by atoms with Crippen LogP contribution in [-0.4, -0.2) is 32.3 Å². The van der Waals surface area contributed by atoms with Crippen molar-refractivity contribution in [3.05, 3.63) is 54.0 Å². The molecule has 0 atom stereocenters. The van der Waals surface area contributed by atoms with Crippen LogP contribution in [0.4, 0.5) is 11.6 Å². The number of rotatable bonds is 7. The molecule has 0 bridgehead atoms. The van der Waals surface area contributed by atoms with Gasteiger partial charge >= 0.3 is 5.97 Å². The van der Waals surface area contributed by atoms with Gasteiger partial charge in [-0.1, -0.05) is 0 Å². The Kier molecular flexibility index (Phi) is 5.80. The molecule has 7 heteroatoms. The van der Waals surface area contributed by atoms with Crippen molar-refractivity contribution < 1.29 is 9.53 Å². The van der Waals surface area contributed by atoms with Crippen LogP contribution in [0.3, 0.4) is 0 Å². The van der Waals surface area contributed by atoms with Crippen LogP contribution >= 0.6 is 0 Å². The first-order valence-corrected chi connectivity index (χ1v) is 8.90. The number of aromatic nitrogens is 4. The molecule has 0 saturated carbocycles. The van der Waals surface area contributed by atoms with E-state index in [2.05, 4.69) is 20.4 Å². The molecule has 0 aliphatic rings. The predicted octanol–water partition coefficient (Wildman–Crippen LogP) is 3.65. The SMILES string of the molecule is CCOC(=O)CCn1cc(-c2cc(C)cc(Nc3cc(C)ccn3)n2)cn1. The first-order valence-electron chi connectivity index (χ1n) is 8.90. The number of hydrogen-bond acceptors (Lipinski definition) is 6. The van der Waals surface area contributed by atoms with Crippen LogP contribution in [-0.2, 0) is 16.1 Å². The molecule has 0 aliphatic carbocycles. The Morgan fingerprint density at radius 2 is 2.00 bits per heavy atom. The van der Waals surface area contributed by atoms with Gasteiger partial charge in [0.05, 0.1) is 31.5 Å². The van der Waals surface area contributed by atoms with Crippen LogP contribution < -0.4 is 5.32 Å². The van der Waals surface area contributed by atoms with Crippen molar-refractivity contribution in [2.75, 3.05) is 11.9 Å². The maximum atomic E-state index is 11.5. The molecule has 0 aromatic carbocycles. The molecule has 0 radical (unpaired) electrons. The second-order valence-electron chi connectivity index (χ2n) is 6.31. The van der Waals surface area contributed by atoms with Crippen LogP contribution in [0, 0.1) is 13.8 Å². The normalized spacial score (nSPS) is 10.6. The van der Waals surface area contributed by atoms with E-state index in [0.29, 0.717) is 19.6 Å². The molecular formula is C20H23N5O2. The second kappa shape index (κ2) is 8.44. The molecule has 27 heavy (non-hydrogen) atoms. The van der Waals surface area contributed by atoms with Crippen molar-refractivity contribution >= 4 is 17.6 Å². The maximum Gasteiger partial charge on any atom is 0.307 e. The summed E-state index contributed by atoms with van der Waals surface area (Å²) in [6.45, 7) is 6.70. The van der Waals surface area contributed by atoms with E-state index in [0.717, 1.165) is 34.0 Å². The van der Waals surface area contributed by atoms with Crippen LogP contribution in [0.2, 0.25) is 0 Å². The second-order valence-corrected chi connectivity index (χ2v) is 6.31. The number of hydrogen-bond donors (Lipinski definition) is 1. The number of anilines is 2. The molecule has 140 valence electrons. The van der Waals surface area contributed by atoms with Gasteiger partial charge in [-0.25, -0.2) is 9.97 Å². The lowest BCUT2D eigenvalue weighted by Crippen LogP contribution is -2.09. The molecule has 3 rings (SSSR count). The quantitative estimate of drug-likeness (QED) is 0.644. The number of aryl methyl sites for hydroxylation is 3. The minimum atomic E-state index is -0.222. The highest BCUT2D eigenvalue weighted by atomic mass is 16.5. The standard InChI is InChI=1S/C20H23N5O2/c1-4-27-20(26)6-8-25-13-16(12-22-25)17-9-15(3)11-19(23-17)24-18-10-14(2)5-7-21-18/h5,7,9-13H,4,6,8H2,1-3H3,(H,21,23,24). The van der Waals surface area contributed by atoms with Gasteiger partial charge in [-0.2, -0.15) is 5.10 Å². The Morgan fingerprint density at radius 3 is 2.78 bits per heavy atom. The lowest BCUT2D eigenvalue weighted by atomic mass is 10.2. The summed E-state index contributed by atoms with van der Waals surface area (Å²) < 4.78 is 6.67. The van der Waals surface area contributed by atoms with E-state index >= 15 is 0 Å². The highest BCUT2D eigenvalue weighted by Crippen LogP contribution is 2.22. The van der Waals surface area contributed by atoms with Crippen molar-refractivity contribution in [1.82, 2.24) is 19.7 Å². The zero-order valence-electron chi connectivity index (χ0n) is 15.8. The zero-order chi connectivity index (χ0) is 19.2. The number of carbonyl (C=O) groups excluding carboxylic acids is 1. The summed E-state index contributed by atoms with van der Waals surface area (Å²) in [5.74, 6) is 1.26. The molecule has 0 aliphatic heterocycles. The van der Waals surface area contributed by atoms with E-state index in [-0.39, 0.29) is 5.97 Å². The van der Waals surface area contributed by atoms with Gasteiger partial charge < -0.3 is 10.1 Å². The van der Waals surface area contributed by atoms with Crippen LogP contribution in [0.5, 0.6) is 0 Å². The first kappa shape index (κ1) is 18.6. The number of carbonyl (C=O) groups is 1. The summed E-state index contributed by atoms with van der Waals surface area (Å²) in [6, 6.07) is 7.89. The van der Waals surface area contributed by atoms with Gasteiger partial charge in [0.1, 0.15) is 11.6 Å². The van der Waals surface area contributed by atoms with E-state index in [1.165, 1.54) is 0 Å². The fourth-order valence-electron chi connectivity index (χ4n) is 2.67. The molecule has 0 fully saturated rings. The van der Waals surface area contributed by atoms with Gasteiger partial charge in [0.15, 0.2) is 0 Å². The maximum absolute atomic E-state index is 11.5.